The van der Waals surface area contributed by atoms with Crippen molar-refractivity contribution < 1.29 is 4.79 Å². The van der Waals surface area contributed by atoms with Crippen molar-refractivity contribution in [1.29, 1.82) is 0 Å². The third-order valence-electron chi connectivity index (χ3n) is 3.53. The molecule has 1 fully saturated rings. The summed E-state index contributed by atoms with van der Waals surface area (Å²) >= 11 is 0. The van der Waals surface area contributed by atoms with Crippen LogP contribution in [0.15, 0.2) is 18.2 Å². The number of amides is 1. The van der Waals surface area contributed by atoms with Gasteiger partial charge in [0.05, 0.1) is 6.04 Å². The number of piperidine rings is 1. The Morgan fingerprint density at radius 2 is 1.84 bits per heavy atom. The summed E-state index contributed by atoms with van der Waals surface area (Å²) in [7, 11) is 1.87. The largest absolute Gasteiger partial charge is 0.314 e. The van der Waals surface area contributed by atoms with E-state index in [0.29, 0.717) is 0 Å². The number of anilines is 1. The second kappa shape index (κ2) is 6.92. The zero-order valence-electron chi connectivity index (χ0n) is 11.9. The molecule has 0 aromatic heterocycles. The number of hydrogen-bond donors (Lipinski definition) is 1. The summed E-state index contributed by atoms with van der Waals surface area (Å²) in [5.41, 5.74) is 3.38. The van der Waals surface area contributed by atoms with Crippen LogP contribution in [0, 0.1) is 13.8 Å². The molecule has 1 atom stereocenters. The van der Waals surface area contributed by atoms with Gasteiger partial charge in [0.1, 0.15) is 0 Å². The first-order chi connectivity index (χ1) is 8.58. The lowest BCUT2D eigenvalue weighted by Crippen LogP contribution is -2.47. The molecule has 0 bridgehead atoms. The first-order valence-corrected chi connectivity index (χ1v) is 6.67. The van der Waals surface area contributed by atoms with Crippen molar-refractivity contribution >= 4 is 24.0 Å². The molecule has 0 spiro atoms. The summed E-state index contributed by atoms with van der Waals surface area (Å²) in [5.74, 6) is 0.180. The zero-order valence-corrected chi connectivity index (χ0v) is 12.7. The summed E-state index contributed by atoms with van der Waals surface area (Å²) in [4.78, 5) is 14.2. The minimum absolute atomic E-state index is 0. The third kappa shape index (κ3) is 3.95. The van der Waals surface area contributed by atoms with Crippen LogP contribution in [0.2, 0.25) is 0 Å². The summed E-state index contributed by atoms with van der Waals surface area (Å²) in [6.07, 6.45) is 3.27. The lowest BCUT2D eigenvalue weighted by atomic mass is 10.0. The quantitative estimate of drug-likeness (QED) is 0.905. The molecule has 2 rings (SSSR count). The van der Waals surface area contributed by atoms with Crippen LogP contribution >= 0.6 is 12.4 Å². The average Bonchev–Trinajstić information content (AvgIpc) is 2.37. The van der Waals surface area contributed by atoms with Gasteiger partial charge in [-0.05, 0) is 56.5 Å². The minimum atomic E-state index is -0.00966. The molecule has 1 aromatic carbocycles. The monoisotopic (exact) mass is 282 g/mol. The Balaban J connectivity index is 0.00000180. The topological polar surface area (TPSA) is 32.3 Å². The van der Waals surface area contributed by atoms with Gasteiger partial charge in [0, 0.05) is 12.7 Å². The highest BCUT2D eigenvalue weighted by atomic mass is 35.5. The number of aryl methyl sites for hydroxylation is 2. The van der Waals surface area contributed by atoms with Gasteiger partial charge in [-0.3, -0.25) is 4.79 Å². The number of carbonyl (C=O) groups is 1. The number of nitrogens with one attached hydrogen (secondary N) is 1. The van der Waals surface area contributed by atoms with E-state index in [9.17, 15) is 4.79 Å². The van der Waals surface area contributed by atoms with E-state index in [1.54, 1.807) is 4.90 Å². The number of carbonyl (C=O) groups excluding carboxylic acids is 1. The molecule has 1 aromatic rings. The number of hydrogen-bond acceptors (Lipinski definition) is 2. The lowest BCUT2D eigenvalue weighted by molar-refractivity contribution is -0.120. The van der Waals surface area contributed by atoms with E-state index in [1.807, 2.05) is 7.05 Å². The SMILES string of the molecule is Cc1cc(C)cc(N(C)C(=O)C2CCCCN2)c1.Cl. The average molecular weight is 283 g/mol. The van der Waals surface area contributed by atoms with Gasteiger partial charge in [0.15, 0.2) is 0 Å². The van der Waals surface area contributed by atoms with Gasteiger partial charge in [-0.25, -0.2) is 0 Å². The molecule has 1 saturated heterocycles. The van der Waals surface area contributed by atoms with Crippen molar-refractivity contribution in [3.63, 3.8) is 0 Å². The molecule has 0 radical (unpaired) electrons. The van der Waals surface area contributed by atoms with Crippen LogP contribution in [-0.4, -0.2) is 25.5 Å². The molecule has 1 unspecified atom stereocenters. The highest BCUT2D eigenvalue weighted by Crippen LogP contribution is 2.19. The number of halogens is 1. The Labute approximate surface area is 121 Å². The Morgan fingerprint density at radius 1 is 1.21 bits per heavy atom. The fourth-order valence-electron chi connectivity index (χ4n) is 2.57. The predicted molar refractivity (Wildman–Crippen MR) is 82.2 cm³/mol. The van der Waals surface area contributed by atoms with Gasteiger partial charge in [-0.2, -0.15) is 0 Å². The van der Waals surface area contributed by atoms with Crippen molar-refractivity contribution in [2.75, 3.05) is 18.5 Å². The van der Waals surface area contributed by atoms with Gasteiger partial charge < -0.3 is 10.2 Å². The fourth-order valence-corrected chi connectivity index (χ4v) is 2.57. The van der Waals surface area contributed by atoms with Gasteiger partial charge in [-0.1, -0.05) is 12.5 Å². The van der Waals surface area contributed by atoms with Crippen LogP contribution in [0.4, 0.5) is 5.69 Å². The molecular weight excluding hydrogens is 260 g/mol. The molecule has 1 heterocycles. The van der Waals surface area contributed by atoms with Crippen LogP contribution in [-0.2, 0) is 4.79 Å². The molecule has 106 valence electrons. The second-order valence-electron chi connectivity index (χ2n) is 5.25. The van der Waals surface area contributed by atoms with Crippen molar-refractivity contribution in [3.05, 3.63) is 29.3 Å². The number of rotatable bonds is 2. The molecule has 19 heavy (non-hydrogen) atoms. The maximum absolute atomic E-state index is 12.4. The Bertz CT molecular complexity index is 422. The van der Waals surface area contributed by atoms with Gasteiger partial charge in [0.25, 0.3) is 0 Å². The van der Waals surface area contributed by atoms with Crippen molar-refractivity contribution in [2.24, 2.45) is 0 Å². The Hall–Kier alpha value is -1.06. The van der Waals surface area contributed by atoms with Gasteiger partial charge in [-0.15, -0.1) is 12.4 Å². The zero-order chi connectivity index (χ0) is 13.1. The second-order valence-corrected chi connectivity index (χ2v) is 5.25. The normalized spacial score (nSPS) is 18.6. The molecule has 1 aliphatic rings. The first kappa shape index (κ1) is 16.0. The maximum Gasteiger partial charge on any atom is 0.243 e. The summed E-state index contributed by atoms with van der Waals surface area (Å²) in [6.45, 7) is 5.08. The Morgan fingerprint density at radius 3 is 2.37 bits per heavy atom. The van der Waals surface area contributed by atoms with Crippen LogP contribution in [0.3, 0.4) is 0 Å². The van der Waals surface area contributed by atoms with Crippen molar-refractivity contribution in [3.8, 4) is 0 Å². The molecule has 4 heteroatoms. The van der Waals surface area contributed by atoms with E-state index >= 15 is 0 Å². The molecule has 0 aliphatic carbocycles. The molecule has 1 amide bonds. The third-order valence-corrected chi connectivity index (χ3v) is 3.53. The molecule has 3 nitrogen and oxygen atoms in total. The van der Waals surface area contributed by atoms with Crippen LogP contribution in [0.25, 0.3) is 0 Å². The summed E-state index contributed by atoms with van der Waals surface area (Å²) in [5, 5.41) is 3.31. The van der Waals surface area contributed by atoms with E-state index in [4.69, 9.17) is 0 Å². The van der Waals surface area contributed by atoms with E-state index in [2.05, 4.69) is 37.4 Å². The maximum atomic E-state index is 12.4. The lowest BCUT2D eigenvalue weighted by Gasteiger charge is -2.27. The Kier molecular flexibility index (Phi) is 5.83. The van der Waals surface area contributed by atoms with Gasteiger partial charge in [0.2, 0.25) is 5.91 Å². The van der Waals surface area contributed by atoms with Crippen LogP contribution in [0.1, 0.15) is 30.4 Å². The highest BCUT2D eigenvalue weighted by molar-refractivity contribution is 5.96. The molecule has 1 N–H and O–H groups in total. The molecule has 1 aliphatic heterocycles. The van der Waals surface area contributed by atoms with Gasteiger partial charge >= 0.3 is 0 Å². The van der Waals surface area contributed by atoms with E-state index in [-0.39, 0.29) is 24.4 Å². The smallest absolute Gasteiger partial charge is 0.243 e. The number of nitrogens with zero attached hydrogens (tertiary/aromatic N) is 1. The molecule has 0 saturated carbocycles. The van der Waals surface area contributed by atoms with E-state index in [1.165, 1.54) is 17.5 Å². The number of benzene rings is 1. The summed E-state index contributed by atoms with van der Waals surface area (Å²) < 4.78 is 0. The van der Waals surface area contributed by atoms with Crippen LogP contribution in [0.5, 0.6) is 0 Å². The van der Waals surface area contributed by atoms with Crippen LogP contribution < -0.4 is 10.2 Å². The fraction of sp³-hybridized carbons (Fsp3) is 0.533. The standard InChI is InChI=1S/C15H22N2O.ClH/c1-11-8-12(2)10-13(9-11)17(3)15(18)14-6-4-5-7-16-14;/h8-10,14,16H,4-7H2,1-3H3;1H. The highest BCUT2D eigenvalue weighted by Gasteiger charge is 2.24. The predicted octanol–water partition coefficient (Wildman–Crippen LogP) is 2.83. The van der Waals surface area contributed by atoms with E-state index in [0.717, 1.165) is 25.1 Å². The van der Waals surface area contributed by atoms with Crippen molar-refractivity contribution in [2.45, 2.75) is 39.2 Å². The molecular formula is C15H23ClN2O. The van der Waals surface area contributed by atoms with E-state index < -0.39 is 0 Å². The number of likely N-dealkylation sites (N-methyl/N-ethyl adjacent to an activating group) is 1. The van der Waals surface area contributed by atoms with Crippen molar-refractivity contribution in [1.82, 2.24) is 5.32 Å². The summed E-state index contributed by atoms with van der Waals surface area (Å²) in [6, 6.07) is 6.24. The first-order valence-electron chi connectivity index (χ1n) is 6.67. The minimum Gasteiger partial charge on any atom is -0.314 e.